The van der Waals surface area contributed by atoms with Crippen molar-refractivity contribution in [2.45, 2.75) is 18.1 Å². The summed E-state index contributed by atoms with van der Waals surface area (Å²) in [7, 11) is 0. The third-order valence-corrected chi connectivity index (χ3v) is 3.13. The monoisotopic (exact) mass is 318 g/mol. The van der Waals surface area contributed by atoms with Crippen LogP contribution in [0.2, 0.25) is 0 Å². The number of rotatable bonds is 4. The van der Waals surface area contributed by atoms with Crippen molar-refractivity contribution < 1.29 is 22.5 Å². The lowest BCUT2D eigenvalue weighted by molar-refractivity contribution is -0.137. The van der Waals surface area contributed by atoms with E-state index in [9.17, 15) is 18.0 Å². The van der Waals surface area contributed by atoms with Crippen molar-refractivity contribution in [1.29, 1.82) is 0 Å². The number of pyridine rings is 1. The van der Waals surface area contributed by atoms with E-state index in [1.165, 1.54) is 6.07 Å². The van der Waals surface area contributed by atoms with Gasteiger partial charge in [0, 0.05) is 6.20 Å². The van der Waals surface area contributed by atoms with Crippen molar-refractivity contribution in [2.75, 3.05) is 11.1 Å². The lowest BCUT2D eigenvalue weighted by Crippen LogP contribution is -2.14. The lowest BCUT2D eigenvalue weighted by atomic mass is 10.3. The summed E-state index contributed by atoms with van der Waals surface area (Å²) in [5.41, 5.74) is -0.836. The van der Waals surface area contributed by atoms with Gasteiger partial charge in [-0.1, -0.05) is 16.9 Å². The first kappa shape index (κ1) is 15.3. The zero-order chi connectivity index (χ0) is 15.5. The van der Waals surface area contributed by atoms with Crippen molar-refractivity contribution >= 4 is 23.7 Å². The summed E-state index contributed by atoms with van der Waals surface area (Å²) in [6, 6.07) is 2.09. The Morgan fingerprint density at radius 3 is 2.71 bits per heavy atom. The predicted molar refractivity (Wildman–Crippen MR) is 67.6 cm³/mol. The first-order valence-corrected chi connectivity index (χ1v) is 6.59. The summed E-state index contributed by atoms with van der Waals surface area (Å²) in [6.45, 7) is 1.60. The minimum absolute atomic E-state index is 0.0292. The fraction of sp³-hybridized carbons (Fsp3) is 0.273. The topological polar surface area (TPSA) is 80.9 Å². The molecule has 21 heavy (non-hydrogen) atoms. The van der Waals surface area contributed by atoms with Gasteiger partial charge < -0.3 is 4.52 Å². The number of thioether (sulfide) groups is 1. The van der Waals surface area contributed by atoms with E-state index < -0.39 is 17.6 Å². The van der Waals surface area contributed by atoms with Gasteiger partial charge in [0.05, 0.1) is 16.3 Å². The molecule has 0 aromatic carbocycles. The van der Waals surface area contributed by atoms with Gasteiger partial charge >= 0.3 is 12.2 Å². The highest BCUT2D eigenvalue weighted by Crippen LogP contribution is 2.29. The van der Waals surface area contributed by atoms with E-state index in [-0.39, 0.29) is 11.8 Å². The molecule has 0 bridgehead atoms. The molecule has 10 heteroatoms. The Labute approximate surface area is 121 Å². The number of nitrogens with one attached hydrogen (secondary N) is 1. The number of aryl methyl sites for hydroxylation is 1. The number of anilines is 1. The maximum Gasteiger partial charge on any atom is 0.417 e. The molecular weight excluding hydrogens is 309 g/mol. The molecule has 2 heterocycles. The SMILES string of the molecule is Cc1noc(NC(=O)CSc2ccc(C(F)(F)F)cn2)n1. The maximum absolute atomic E-state index is 12.3. The number of nitrogens with zero attached hydrogens (tertiary/aromatic N) is 3. The van der Waals surface area contributed by atoms with Crippen LogP contribution in [0.15, 0.2) is 27.9 Å². The number of hydrogen-bond acceptors (Lipinski definition) is 6. The predicted octanol–water partition coefficient (Wildman–Crippen LogP) is 2.52. The number of carbonyl (C=O) groups excluding carboxylic acids is 1. The van der Waals surface area contributed by atoms with Crippen molar-refractivity contribution in [2.24, 2.45) is 0 Å². The molecule has 0 spiro atoms. The third kappa shape index (κ3) is 4.45. The third-order valence-electron chi connectivity index (χ3n) is 2.19. The van der Waals surface area contributed by atoms with E-state index >= 15 is 0 Å². The number of halogens is 3. The minimum atomic E-state index is -4.43. The van der Waals surface area contributed by atoms with Crippen molar-refractivity contribution in [3.8, 4) is 0 Å². The van der Waals surface area contributed by atoms with Gasteiger partial charge in [-0.15, -0.1) is 0 Å². The molecule has 0 aliphatic rings. The van der Waals surface area contributed by atoms with Crippen LogP contribution >= 0.6 is 11.8 Å². The van der Waals surface area contributed by atoms with Gasteiger partial charge in [0.1, 0.15) is 0 Å². The van der Waals surface area contributed by atoms with Crippen LogP contribution in [-0.4, -0.2) is 26.8 Å². The van der Waals surface area contributed by atoms with Crippen LogP contribution in [0.25, 0.3) is 0 Å². The summed E-state index contributed by atoms with van der Waals surface area (Å²) >= 11 is 0.994. The van der Waals surface area contributed by atoms with E-state index in [1.54, 1.807) is 6.92 Å². The highest BCUT2D eigenvalue weighted by molar-refractivity contribution is 7.99. The molecule has 0 saturated heterocycles. The van der Waals surface area contributed by atoms with E-state index in [0.717, 1.165) is 24.0 Å². The van der Waals surface area contributed by atoms with Crippen molar-refractivity contribution in [1.82, 2.24) is 15.1 Å². The second-order valence-corrected chi connectivity index (χ2v) is 4.86. The molecule has 0 aliphatic carbocycles. The van der Waals surface area contributed by atoms with Gasteiger partial charge in [0.15, 0.2) is 5.82 Å². The number of aromatic nitrogens is 3. The Morgan fingerprint density at radius 1 is 1.43 bits per heavy atom. The second kappa shape index (κ2) is 6.12. The van der Waals surface area contributed by atoms with E-state index in [1.807, 2.05) is 0 Å². The first-order valence-electron chi connectivity index (χ1n) is 5.61. The number of hydrogen-bond donors (Lipinski definition) is 1. The lowest BCUT2D eigenvalue weighted by Gasteiger charge is -2.06. The highest BCUT2D eigenvalue weighted by Gasteiger charge is 2.30. The fourth-order valence-corrected chi connectivity index (χ4v) is 1.92. The molecule has 0 saturated carbocycles. The summed E-state index contributed by atoms with van der Waals surface area (Å²) < 4.78 is 41.7. The summed E-state index contributed by atoms with van der Waals surface area (Å²) in [6.07, 6.45) is -3.70. The van der Waals surface area contributed by atoms with Gasteiger partial charge in [-0.2, -0.15) is 18.2 Å². The Kier molecular flexibility index (Phi) is 4.46. The zero-order valence-electron chi connectivity index (χ0n) is 10.6. The van der Waals surface area contributed by atoms with Gasteiger partial charge in [-0.3, -0.25) is 10.1 Å². The van der Waals surface area contributed by atoms with Crippen LogP contribution in [0.4, 0.5) is 19.2 Å². The molecule has 0 fully saturated rings. The normalized spacial score (nSPS) is 11.4. The Hall–Kier alpha value is -2.10. The molecule has 2 aromatic rings. The largest absolute Gasteiger partial charge is 0.417 e. The van der Waals surface area contributed by atoms with E-state index in [2.05, 4.69) is 20.4 Å². The molecule has 1 amide bonds. The molecule has 1 N–H and O–H groups in total. The van der Waals surface area contributed by atoms with Crippen molar-refractivity contribution in [3.05, 3.63) is 29.7 Å². The van der Waals surface area contributed by atoms with Gasteiger partial charge in [0.2, 0.25) is 5.91 Å². The summed E-state index contributed by atoms with van der Waals surface area (Å²) in [5.74, 6) is -0.0903. The smallest absolute Gasteiger partial charge is 0.315 e. The molecule has 2 rings (SSSR count). The van der Waals surface area contributed by atoms with Gasteiger partial charge in [-0.05, 0) is 19.1 Å². The van der Waals surface area contributed by atoms with Crippen LogP contribution in [0, 0.1) is 6.92 Å². The van der Waals surface area contributed by atoms with Gasteiger partial charge in [0.25, 0.3) is 0 Å². The standard InChI is InChI=1S/C11H9F3N4O2S/c1-6-16-10(20-18-6)17-8(19)5-21-9-3-2-7(4-15-9)11(12,13)14/h2-4H,5H2,1H3,(H,16,17,18,19). The average Bonchev–Trinajstić information content (AvgIpc) is 2.81. The van der Waals surface area contributed by atoms with E-state index in [0.29, 0.717) is 10.9 Å². The maximum atomic E-state index is 12.3. The fourth-order valence-electron chi connectivity index (χ4n) is 1.28. The molecule has 0 radical (unpaired) electrons. The van der Waals surface area contributed by atoms with Crippen LogP contribution < -0.4 is 5.32 Å². The number of amides is 1. The zero-order valence-corrected chi connectivity index (χ0v) is 11.5. The second-order valence-electron chi connectivity index (χ2n) is 3.87. The van der Waals surface area contributed by atoms with Crippen LogP contribution in [0.3, 0.4) is 0 Å². The van der Waals surface area contributed by atoms with Crippen LogP contribution in [-0.2, 0) is 11.0 Å². The van der Waals surface area contributed by atoms with E-state index in [4.69, 9.17) is 4.52 Å². The molecule has 0 atom stereocenters. The Bertz CT molecular complexity index is 627. The minimum Gasteiger partial charge on any atom is -0.315 e. The number of alkyl halides is 3. The Morgan fingerprint density at radius 2 is 2.19 bits per heavy atom. The van der Waals surface area contributed by atoms with Gasteiger partial charge in [-0.25, -0.2) is 4.98 Å². The molecule has 2 aromatic heterocycles. The molecule has 112 valence electrons. The Balaban J connectivity index is 1.86. The summed E-state index contributed by atoms with van der Waals surface area (Å²) in [5, 5.41) is 6.16. The first-order chi connectivity index (χ1) is 9.84. The number of carbonyl (C=O) groups is 1. The average molecular weight is 318 g/mol. The molecule has 0 aliphatic heterocycles. The summed E-state index contributed by atoms with van der Waals surface area (Å²) in [4.78, 5) is 19.0. The molecular formula is C11H9F3N4O2S. The highest BCUT2D eigenvalue weighted by atomic mass is 32.2. The quantitative estimate of drug-likeness (QED) is 0.873. The molecule has 6 nitrogen and oxygen atoms in total. The van der Waals surface area contributed by atoms with Crippen LogP contribution in [0.1, 0.15) is 11.4 Å². The van der Waals surface area contributed by atoms with Crippen molar-refractivity contribution in [3.63, 3.8) is 0 Å². The van der Waals surface area contributed by atoms with Crippen LogP contribution in [0.5, 0.6) is 0 Å². The molecule has 0 unspecified atom stereocenters.